The number of aliphatic hydroxyl groups excluding tert-OH is 1. The average molecular weight is 266 g/mol. The number of hydrogen-bond donors (Lipinski definition) is 1. The number of nitrogens with zero attached hydrogens (tertiary/aromatic N) is 4. The molecule has 1 saturated heterocycles. The van der Waals surface area contributed by atoms with Crippen molar-refractivity contribution in [1.29, 1.82) is 0 Å². The van der Waals surface area contributed by atoms with Crippen molar-refractivity contribution >= 4 is 0 Å². The summed E-state index contributed by atoms with van der Waals surface area (Å²) in [5, 5.41) is 17.7. The number of rotatable bonds is 6. The molecule has 1 aliphatic heterocycles. The van der Waals surface area contributed by atoms with Crippen LogP contribution >= 0.6 is 0 Å². The normalized spacial score (nSPS) is 24.8. The van der Waals surface area contributed by atoms with Gasteiger partial charge in [0.05, 0.1) is 0 Å². The second kappa shape index (κ2) is 6.48. The second-order valence-electron chi connectivity index (χ2n) is 5.86. The van der Waals surface area contributed by atoms with Gasteiger partial charge in [-0.05, 0) is 32.7 Å². The maximum Gasteiger partial charge on any atom is 0.129 e. The molecule has 0 saturated carbocycles. The summed E-state index contributed by atoms with van der Waals surface area (Å²) < 4.78 is 2.09. The highest BCUT2D eigenvalue weighted by Crippen LogP contribution is 2.34. The molecule has 5 nitrogen and oxygen atoms in total. The van der Waals surface area contributed by atoms with Crippen molar-refractivity contribution in [2.45, 2.75) is 46.1 Å². The fraction of sp³-hybridized carbons (Fsp3) is 0.857. The first-order chi connectivity index (χ1) is 9.19. The summed E-state index contributed by atoms with van der Waals surface area (Å²) in [6, 6.07) is 0. The minimum atomic E-state index is 0.134. The van der Waals surface area contributed by atoms with Crippen LogP contribution in [0.5, 0.6) is 0 Å². The lowest BCUT2D eigenvalue weighted by atomic mass is 9.77. The van der Waals surface area contributed by atoms with Crippen LogP contribution in [0.1, 0.15) is 38.4 Å². The third-order valence-electron chi connectivity index (χ3n) is 4.32. The molecule has 0 radical (unpaired) electrons. The molecule has 1 atom stereocenters. The SMILES string of the molecule is CCC[C@@]1(CO)CCCN(CCn2cnnc2C)C1. The molecule has 2 rings (SSSR count). The quantitative estimate of drug-likeness (QED) is 0.847. The number of aliphatic hydroxyl groups is 1. The Morgan fingerprint density at radius 2 is 2.26 bits per heavy atom. The van der Waals surface area contributed by atoms with E-state index in [0.29, 0.717) is 6.61 Å². The van der Waals surface area contributed by atoms with E-state index >= 15 is 0 Å². The molecule has 0 bridgehead atoms. The van der Waals surface area contributed by atoms with Crippen molar-refractivity contribution in [3.8, 4) is 0 Å². The summed E-state index contributed by atoms with van der Waals surface area (Å²) >= 11 is 0. The molecule has 1 aromatic rings. The van der Waals surface area contributed by atoms with E-state index in [1.165, 1.54) is 12.8 Å². The lowest BCUT2D eigenvalue weighted by Crippen LogP contribution is -2.46. The van der Waals surface area contributed by atoms with E-state index < -0.39 is 0 Å². The van der Waals surface area contributed by atoms with E-state index in [4.69, 9.17) is 0 Å². The molecule has 0 spiro atoms. The van der Waals surface area contributed by atoms with Crippen LogP contribution in [0.15, 0.2) is 6.33 Å². The predicted octanol–water partition coefficient (Wildman–Crippen LogP) is 1.46. The van der Waals surface area contributed by atoms with Gasteiger partial charge in [0, 0.05) is 31.7 Å². The third kappa shape index (κ3) is 3.54. The van der Waals surface area contributed by atoms with Gasteiger partial charge in [0.1, 0.15) is 12.2 Å². The zero-order valence-corrected chi connectivity index (χ0v) is 12.2. The molecule has 1 aliphatic rings. The Morgan fingerprint density at radius 3 is 2.89 bits per heavy atom. The van der Waals surface area contributed by atoms with Gasteiger partial charge in [-0.2, -0.15) is 0 Å². The van der Waals surface area contributed by atoms with E-state index in [2.05, 4.69) is 26.6 Å². The molecule has 1 fully saturated rings. The van der Waals surface area contributed by atoms with Gasteiger partial charge in [-0.25, -0.2) is 0 Å². The maximum absolute atomic E-state index is 9.73. The van der Waals surface area contributed by atoms with Crippen LogP contribution in [-0.4, -0.2) is 51.0 Å². The Morgan fingerprint density at radius 1 is 1.42 bits per heavy atom. The smallest absolute Gasteiger partial charge is 0.129 e. The van der Waals surface area contributed by atoms with Crippen LogP contribution in [0.3, 0.4) is 0 Å². The van der Waals surface area contributed by atoms with Crippen molar-refractivity contribution in [3.63, 3.8) is 0 Å². The summed E-state index contributed by atoms with van der Waals surface area (Å²) in [6.45, 7) is 8.64. The second-order valence-corrected chi connectivity index (χ2v) is 5.86. The van der Waals surface area contributed by atoms with Gasteiger partial charge in [-0.15, -0.1) is 10.2 Å². The van der Waals surface area contributed by atoms with Crippen molar-refractivity contribution in [3.05, 3.63) is 12.2 Å². The minimum Gasteiger partial charge on any atom is -0.396 e. The molecule has 1 N–H and O–H groups in total. The zero-order valence-electron chi connectivity index (χ0n) is 12.2. The predicted molar refractivity (Wildman–Crippen MR) is 74.9 cm³/mol. The van der Waals surface area contributed by atoms with Crippen molar-refractivity contribution in [2.24, 2.45) is 5.41 Å². The molecule has 0 amide bonds. The molecule has 0 aliphatic carbocycles. The number of hydrogen-bond acceptors (Lipinski definition) is 4. The van der Waals surface area contributed by atoms with Crippen LogP contribution < -0.4 is 0 Å². The van der Waals surface area contributed by atoms with Gasteiger partial charge in [-0.3, -0.25) is 0 Å². The van der Waals surface area contributed by atoms with Gasteiger partial charge in [0.15, 0.2) is 0 Å². The third-order valence-corrected chi connectivity index (χ3v) is 4.32. The number of likely N-dealkylation sites (tertiary alicyclic amines) is 1. The summed E-state index contributed by atoms with van der Waals surface area (Å²) in [5.41, 5.74) is 0.134. The number of aromatic nitrogens is 3. The Bertz CT molecular complexity index is 389. The summed E-state index contributed by atoms with van der Waals surface area (Å²) in [6.07, 6.45) is 6.44. The maximum atomic E-state index is 9.73. The van der Waals surface area contributed by atoms with Crippen LogP contribution in [0, 0.1) is 12.3 Å². The molecule has 0 aromatic carbocycles. The monoisotopic (exact) mass is 266 g/mol. The molecule has 2 heterocycles. The molecular formula is C14H26N4O. The molecule has 0 unspecified atom stereocenters. The van der Waals surface area contributed by atoms with Crippen LogP contribution in [0.25, 0.3) is 0 Å². The van der Waals surface area contributed by atoms with Crippen LogP contribution in [-0.2, 0) is 6.54 Å². The van der Waals surface area contributed by atoms with E-state index in [-0.39, 0.29) is 5.41 Å². The largest absolute Gasteiger partial charge is 0.396 e. The minimum absolute atomic E-state index is 0.134. The van der Waals surface area contributed by atoms with Crippen LogP contribution in [0.2, 0.25) is 0 Å². The fourth-order valence-electron chi connectivity index (χ4n) is 3.22. The van der Waals surface area contributed by atoms with Crippen LogP contribution in [0.4, 0.5) is 0 Å². The Labute approximate surface area is 115 Å². The van der Waals surface area contributed by atoms with Gasteiger partial charge in [0.2, 0.25) is 0 Å². The molecule has 1 aromatic heterocycles. The highest BCUT2D eigenvalue weighted by Gasteiger charge is 2.33. The van der Waals surface area contributed by atoms with Gasteiger partial charge in [-0.1, -0.05) is 13.3 Å². The Kier molecular flexibility index (Phi) is 4.93. The van der Waals surface area contributed by atoms with E-state index in [0.717, 1.165) is 44.8 Å². The summed E-state index contributed by atoms with van der Waals surface area (Å²) in [4.78, 5) is 2.48. The average Bonchev–Trinajstić information content (AvgIpc) is 2.83. The van der Waals surface area contributed by atoms with E-state index in [1.807, 2.05) is 6.92 Å². The number of aryl methyl sites for hydroxylation is 1. The Balaban J connectivity index is 1.89. The highest BCUT2D eigenvalue weighted by atomic mass is 16.3. The van der Waals surface area contributed by atoms with Gasteiger partial charge >= 0.3 is 0 Å². The topological polar surface area (TPSA) is 54.2 Å². The summed E-state index contributed by atoms with van der Waals surface area (Å²) in [7, 11) is 0. The highest BCUT2D eigenvalue weighted by molar-refractivity contribution is 4.87. The first-order valence-corrected chi connectivity index (χ1v) is 7.37. The van der Waals surface area contributed by atoms with E-state index in [1.54, 1.807) is 6.33 Å². The van der Waals surface area contributed by atoms with Gasteiger partial charge in [0.25, 0.3) is 0 Å². The fourth-order valence-corrected chi connectivity index (χ4v) is 3.22. The molecule has 5 heteroatoms. The zero-order chi connectivity index (χ0) is 13.7. The van der Waals surface area contributed by atoms with Gasteiger partial charge < -0.3 is 14.6 Å². The van der Waals surface area contributed by atoms with Crippen molar-refractivity contribution < 1.29 is 5.11 Å². The van der Waals surface area contributed by atoms with E-state index in [9.17, 15) is 5.11 Å². The number of piperidine rings is 1. The first kappa shape index (κ1) is 14.5. The first-order valence-electron chi connectivity index (χ1n) is 7.37. The van der Waals surface area contributed by atoms with Crippen molar-refractivity contribution in [1.82, 2.24) is 19.7 Å². The lowest BCUT2D eigenvalue weighted by molar-refractivity contribution is 0.0237. The lowest BCUT2D eigenvalue weighted by Gasteiger charge is -2.42. The van der Waals surface area contributed by atoms with Crippen molar-refractivity contribution in [2.75, 3.05) is 26.2 Å². The molecule has 19 heavy (non-hydrogen) atoms. The standard InChI is InChI=1S/C14H26N4O/c1-3-5-14(11-19)6-4-7-17(10-14)8-9-18-12-15-16-13(18)2/h12,19H,3-11H2,1-2H3/t14-/m1/s1. The summed E-state index contributed by atoms with van der Waals surface area (Å²) in [5.74, 6) is 0.971. The molecular weight excluding hydrogens is 240 g/mol. The molecule has 108 valence electrons. The Hall–Kier alpha value is -0.940.